The van der Waals surface area contributed by atoms with Crippen LogP contribution in [0.3, 0.4) is 0 Å². The highest BCUT2D eigenvalue weighted by Gasteiger charge is 2.07. The van der Waals surface area contributed by atoms with Gasteiger partial charge in [-0.2, -0.15) is 0 Å². The van der Waals surface area contributed by atoms with Crippen molar-refractivity contribution in [3.63, 3.8) is 0 Å². The minimum absolute atomic E-state index is 0.275. The number of carboxylic acid groups (broad SMARTS) is 1. The molecular weight excluding hydrogens is 168 g/mol. The van der Waals surface area contributed by atoms with Crippen molar-refractivity contribution in [2.45, 2.75) is 46.1 Å². The molecule has 0 saturated carbocycles. The lowest BCUT2D eigenvalue weighted by atomic mass is 10.1. The Morgan fingerprint density at radius 3 is 2.31 bits per heavy atom. The zero-order chi connectivity index (χ0) is 10.3. The van der Waals surface area contributed by atoms with Gasteiger partial charge in [0.25, 0.3) is 0 Å². The summed E-state index contributed by atoms with van der Waals surface area (Å²) < 4.78 is 5.15. The molecule has 0 bridgehead atoms. The molecule has 1 saturated heterocycles. The maximum absolute atomic E-state index is 9.81. The summed E-state index contributed by atoms with van der Waals surface area (Å²) in [6.07, 6.45) is 3.35. The molecule has 3 heteroatoms. The molecule has 1 fully saturated rings. The maximum atomic E-state index is 9.81. The summed E-state index contributed by atoms with van der Waals surface area (Å²) in [7, 11) is 0. The molecule has 0 aliphatic carbocycles. The monoisotopic (exact) mass is 188 g/mol. The van der Waals surface area contributed by atoms with Crippen LogP contribution in [0.4, 0.5) is 0 Å². The Morgan fingerprint density at radius 2 is 2.23 bits per heavy atom. The predicted octanol–water partition coefficient (Wildman–Crippen LogP) is 2.30. The van der Waals surface area contributed by atoms with Gasteiger partial charge in [-0.25, -0.2) is 0 Å². The van der Waals surface area contributed by atoms with E-state index in [1.54, 1.807) is 0 Å². The number of hydrogen-bond acceptors (Lipinski definition) is 2. The second kappa shape index (κ2) is 6.89. The highest BCUT2D eigenvalue weighted by Crippen LogP contribution is 2.09. The van der Waals surface area contributed by atoms with Gasteiger partial charge < -0.3 is 9.84 Å². The van der Waals surface area contributed by atoms with E-state index in [4.69, 9.17) is 9.84 Å². The largest absolute Gasteiger partial charge is 0.481 e. The Bertz CT molecular complexity index is 137. The standard InChI is InChI=1S/C5H10O2.C5H10O/c1-4(2)3-5(6)7;1-5-3-2-4-6-5/h4H,3H2,1-2H3,(H,6,7);5H,2-4H2,1H3. The molecule has 0 radical (unpaired) electrons. The van der Waals surface area contributed by atoms with Crippen molar-refractivity contribution in [2.24, 2.45) is 5.92 Å². The summed E-state index contributed by atoms with van der Waals surface area (Å²) in [6.45, 7) is 6.87. The summed E-state index contributed by atoms with van der Waals surface area (Å²) in [5.41, 5.74) is 0. The number of carbonyl (C=O) groups is 1. The quantitative estimate of drug-likeness (QED) is 0.723. The van der Waals surface area contributed by atoms with Gasteiger partial charge in [-0.05, 0) is 25.7 Å². The van der Waals surface area contributed by atoms with E-state index in [0.29, 0.717) is 6.10 Å². The molecule has 0 aromatic heterocycles. The lowest BCUT2D eigenvalue weighted by Gasteiger charge is -1.94. The Kier molecular flexibility index (Phi) is 6.59. The van der Waals surface area contributed by atoms with E-state index >= 15 is 0 Å². The van der Waals surface area contributed by atoms with Crippen LogP contribution in [0.15, 0.2) is 0 Å². The first-order chi connectivity index (χ1) is 6.02. The van der Waals surface area contributed by atoms with Crippen LogP contribution in [0, 0.1) is 5.92 Å². The first-order valence-corrected chi connectivity index (χ1v) is 4.85. The van der Waals surface area contributed by atoms with Crippen molar-refractivity contribution in [3.05, 3.63) is 0 Å². The molecular formula is C10H20O3. The molecule has 13 heavy (non-hydrogen) atoms. The normalized spacial score (nSPS) is 21.1. The Hall–Kier alpha value is -0.570. The third kappa shape index (κ3) is 9.34. The van der Waals surface area contributed by atoms with E-state index in [9.17, 15) is 4.79 Å². The van der Waals surface area contributed by atoms with E-state index in [1.165, 1.54) is 12.8 Å². The fourth-order valence-electron chi connectivity index (χ4n) is 1.09. The molecule has 1 atom stereocenters. The van der Waals surface area contributed by atoms with Gasteiger partial charge in [0, 0.05) is 13.0 Å². The highest BCUT2D eigenvalue weighted by molar-refractivity contribution is 5.66. The lowest BCUT2D eigenvalue weighted by molar-refractivity contribution is -0.137. The number of aliphatic carboxylic acids is 1. The topological polar surface area (TPSA) is 46.5 Å². The third-order valence-corrected chi connectivity index (χ3v) is 1.74. The average molecular weight is 188 g/mol. The van der Waals surface area contributed by atoms with Crippen LogP contribution in [-0.4, -0.2) is 23.8 Å². The molecule has 1 heterocycles. The Morgan fingerprint density at radius 1 is 1.62 bits per heavy atom. The fourth-order valence-corrected chi connectivity index (χ4v) is 1.09. The van der Waals surface area contributed by atoms with Crippen LogP contribution < -0.4 is 0 Å². The second-order valence-electron chi connectivity index (χ2n) is 3.82. The summed E-state index contributed by atoms with van der Waals surface area (Å²) >= 11 is 0. The van der Waals surface area contributed by atoms with Gasteiger partial charge in [0.1, 0.15) is 0 Å². The SMILES string of the molecule is CC(C)CC(=O)O.CC1CCCO1. The van der Waals surface area contributed by atoms with E-state index in [2.05, 4.69) is 6.92 Å². The minimum Gasteiger partial charge on any atom is -0.481 e. The van der Waals surface area contributed by atoms with Crippen molar-refractivity contribution < 1.29 is 14.6 Å². The van der Waals surface area contributed by atoms with Crippen molar-refractivity contribution in [1.82, 2.24) is 0 Å². The maximum Gasteiger partial charge on any atom is 0.303 e. The van der Waals surface area contributed by atoms with Gasteiger partial charge in [-0.3, -0.25) is 4.79 Å². The third-order valence-electron chi connectivity index (χ3n) is 1.74. The van der Waals surface area contributed by atoms with E-state index < -0.39 is 5.97 Å². The van der Waals surface area contributed by atoms with Gasteiger partial charge in [-0.15, -0.1) is 0 Å². The molecule has 0 aromatic rings. The zero-order valence-corrected chi connectivity index (χ0v) is 8.75. The van der Waals surface area contributed by atoms with Crippen LogP contribution in [-0.2, 0) is 9.53 Å². The summed E-state index contributed by atoms with van der Waals surface area (Å²) in [5, 5.41) is 8.08. The predicted molar refractivity (Wildman–Crippen MR) is 51.7 cm³/mol. The second-order valence-corrected chi connectivity index (χ2v) is 3.82. The van der Waals surface area contributed by atoms with Crippen LogP contribution in [0.25, 0.3) is 0 Å². The van der Waals surface area contributed by atoms with Crippen molar-refractivity contribution in [1.29, 1.82) is 0 Å². The van der Waals surface area contributed by atoms with E-state index in [-0.39, 0.29) is 12.3 Å². The summed E-state index contributed by atoms with van der Waals surface area (Å²) in [6, 6.07) is 0. The van der Waals surface area contributed by atoms with E-state index in [1.807, 2.05) is 13.8 Å². The summed E-state index contributed by atoms with van der Waals surface area (Å²) in [4.78, 5) is 9.81. The Labute approximate surface area is 80.1 Å². The molecule has 0 spiro atoms. The molecule has 1 N–H and O–H groups in total. The van der Waals surface area contributed by atoms with Crippen LogP contribution in [0.1, 0.15) is 40.0 Å². The molecule has 1 aliphatic rings. The van der Waals surface area contributed by atoms with Gasteiger partial charge in [0.05, 0.1) is 6.10 Å². The molecule has 1 unspecified atom stereocenters. The average Bonchev–Trinajstić information content (AvgIpc) is 2.37. The number of carboxylic acids is 1. The highest BCUT2D eigenvalue weighted by atomic mass is 16.5. The summed E-state index contributed by atoms with van der Waals surface area (Å²) in [5.74, 6) is -0.438. The fraction of sp³-hybridized carbons (Fsp3) is 0.900. The van der Waals surface area contributed by atoms with E-state index in [0.717, 1.165) is 6.61 Å². The molecule has 3 nitrogen and oxygen atoms in total. The zero-order valence-electron chi connectivity index (χ0n) is 8.75. The van der Waals surface area contributed by atoms with Crippen molar-refractivity contribution >= 4 is 5.97 Å². The smallest absolute Gasteiger partial charge is 0.303 e. The number of rotatable bonds is 2. The van der Waals surface area contributed by atoms with Crippen molar-refractivity contribution in [3.8, 4) is 0 Å². The first kappa shape index (κ1) is 12.4. The molecule has 78 valence electrons. The van der Waals surface area contributed by atoms with Gasteiger partial charge in [-0.1, -0.05) is 13.8 Å². The molecule has 1 rings (SSSR count). The molecule has 0 aromatic carbocycles. The number of hydrogen-bond donors (Lipinski definition) is 1. The molecule has 1 aliphatic heterocycles. The minimum atomic E-state index is -0.713. The molecule has 0 amide bonds. The van der Waals surface area contributed by atoms with Gasteiger partial charge in [0.15, 0.2) is 0 Å². The van der Waals surface area contributed by atoms with Crippen molar-refractivity contribution in [2.75, 3.05) is 6.61 Å². The first-order valence-electron chi connectivity index (χ1n) is 4.85. The lowest BCUT2D eigenvalue weighted by Crippen LogP contribution is -1.99. The van der Waals surface area contributed by atoms with Crippen LogP contribution in [0.5, 0.6) is 0 Å². The van der Waals surface area contributed by atoms with Gasteiger partial charge in [0.2, 0.25) is 0 Å². The number of ether oxygens (including phenoxy) is 1. The Balaban J connectivity index is 0.000000223. The van der Waals surface area contributed by atoms with Crippen LogP contribution >= 0.6 is 0 Å². The van der Waals surface area contributed by atoms with Gasteiger partial charge >= 0.3 is 5.97 Å². The van der Waals surface area contributed by atoms with Crippen LogP contribution in [0.2, 0.25) is 0 Å².